The monoisotopic (exact) mass is 172 g/mol. The highest BCUT2D eigenvalue weighted by Crippen LogP contribution is 2.45. The molecule has 0 aliphatic carbocycles. The third-order valence-corrected chi connectivity index (χ3v) is 3.46. The molecule has 11 heavy (non-hydrogen) atoms. The quantitative estimate of drug-likeness (QED) is 0.659. The molecular weight excluding hydrogens is 160 g/mol. The van der Waals surface area contributed by atoms with E-state index in [-0.39, 0.29) is 0 Å². The van der Waals surface area contributed by atoms with Crippen molar-refractivity contribution in [1.29, 1.82) is 0 Å². The van der Waals surface area contributed by atoms with E-state index in [4.69, 9.17) is 5.11 Å². The van der Waals surface area contributed by atoms with Crippen LogP contribution in [0.1, 0.15) is 27.2 Å². The minimum atomic E-state index is -0.710. The van der Waals surface area contributed by atoms with Gasteiger partial charge in [0.1, 0.15) is 4.75 Å². The fraction of sp³-hybridized carbons (Fsp3) is 0.625. The number of rotatable bonds is 1. The summed E-state index contributed by atoms with van der Waals surface area (Å²) in [4.78, 5) is 11.9. The summed E-state index contributed by atoms with van der Waals surface area (Å²) in [7, 11) is 0. The van der Waals surface area contributed by atoms with Gasteiger partial charge in [-0.15, -0.1) is 11.8 Å². The second kappa shape index (κ2) is 2.55. The van der Waals surface area contributed by atoms with E-state index in [1.165, 1.54) is 17.3 Å². The van der Waals surface area contributed by atoms with Crippen molar-refractivity contribution in [3.05, 3.63) is 10.5 Å². The second-order valence-electron chi connectivity index (χ2n) is 3.15. The zero-order chi connectivity index (χ0) is 8.65. The molecule has 2 nitrogen and oxygen atoms in total. The predicted molar refractivity (Wildman–Crippen MR) is 46.6 cm³/mol. The molecule has 1 atom stereocenters. The van der Waals surface area contributed by atoms with Crippen molar-refractivity contribution in [2.75, 3.05) is 0 Å². The molecule has 0 bridgehead atoms. The van der Waals surface area contributed by atoms with Crippen LogP contribution in [0.4, 0.5) is 0 Å². The van der Waals surface area contributed by atoms with E-state index >= 15 is 0 Å². The lowest BCUT2D eigenvalue weighted by molar-refractivity contribution is -0.139. The number of carboxylic acid groups (broad SMARTS) is 1. The molecule has 1 heterocycles. The Labute approximate surface area is 70.7 Å². The lowest BCUT2D eigenvalue weighted by Gasteiger charge is -2.16. The Morgan fingerprint density at radius 2 is 2.18 bits per heavy atom. The zero-order valence-electron chi connectivity index (χ0n) is 6.97. The smallest absolute Gasteiger partial charge is 0.320 e. The van der Waals surface area contributed by atoms with Gasteiger partial charge < -0.3 is 5.11 Å². The average molecular weight is 172 g/mol. The van der Waals surface area contributed by atoms with Gasteiger partial charge in [0.2, 0.25) is 0 Å². The van der Waals surface area contributed by atoms with Crippen LogP contribution >= 0.6 is 11.8 Å². The van der Waals surface area contributed by atoms with Gasteiger partial charge in [0, 0.05) is 0 Å². The molecule has 0 fully saturated rings. The second-order valence-corrected chi connectivity index (χ2v) is 4.87. The van der Waals surface area contributed by atoms with Crippen LogP contribution in [0.25, 0.3) is 0 Å². The summed E-state index contributed by atoms with van der Waals surface area (Å²) in [5.74, 6) is -0.710. The number of thioether (sulfide) groups is 1. The maximum Gasteiger partial charge on any atom is 0.320 e. The SMILES string of the molecule is CC1=C(C)SC(C)(C(=O)O)C1. The standard InChI is InChI=1S/C8H12O2S/c1-5-4-8(3,7(9)10)11-6(5)2/h4H2,1-3H3,(H,9,10). The first-order chi connectivity index (χ1) is 4.96. The average Bonchev–Trinajstić information content (AvgIpc) is 2.09. The van der Waals surface area contributed by atoms with Crippen molar-refractivity contribution in [2.45, 2.75) is 31.9 Å². The van der Waals surface area contributed by atoms with Crippen LogP contribution in [0.3, 0.4) is 0 Å². The van der Waals surface area contributed by atoms with Gasteiger partial charge in [-0.25, -0.2) is 0 Å². The van der Waals surface area contributed by atoms with Crippen LogP contribution < -0.4 is 0 Å². The van der Waals surface area contributed by atoms with Crippen molar-refractivity contribution in [2.24, 2.45) is 0 Å². The summed E-state index contributed by atoms with van der Waals surface area (Å²) in [6.45, 7) is 5.75. The Balaban J connectivity index is 2.80. The fourth-order valence-corrected chi connectivity index (χ4v) is 2.51. The summed E-state index contributed by atoms with van der Waals surface area (Å²) in [5, 5.41) is 8.86. The van der Waals surface area contributed by atoms with Crippen molar-refractivity contribution < 1.29 is 9.90 Å². The Morgan fingerprint density at radius 1 is 1.64 bits per heavy atom. The van der Waals surface area contributed by atoms with Gasteiger partial charge in [-0.05, 0) is 32.1 Å². The first-order valence-electron chi connectivity index (χ1n) is 3.54. The minimum absolute atomic E-state index is 0.603. The molecule has 1 aliphatic rings. The van der Waals surface area contributed by atoms with Gasteiger partial charge in [0.15, 0.2) is 0 Å². The van der Waals surface area contributed by atoms with Crippen molar-refractivity contribution in [3.63, 3.8) is 0 Å². The molecule has 0 radical (unpaired) electrons. The van der Waals surface area contributed by atoms with Crippen LogP contribution in [0.2, 0.25) is 0 Å². The molecule has 0 spiro atoms. The topological polar surface area (TPSA) is 37.3 Å². The lowest BCUT2D eigenvalue weighted by atomic mass is 10.0. The summed E-state index contributed by atoms with van der Waals surface area (Å²) < 4.78 is -0.603. The molecule has 3 heteroatoms. The highest BCUT2D eigenvalue weighted by Gasteiger charge is 2.39. The third kappa shape index (κ3) is 1.43. The van der Waals surface area contributed by atoms with Gasteiger partial charge in [0.25, 0.3) is 0 Å². The predicted octanol–water partition coefficient (Wildman–Crippen LogP) is 2.26. The Hall–Kier alpha value is -0.440. The Bertz CT molecular complexity index is 216. The molecule has 0 saturated carbocycles. The molecule has 0 aromatic rings. The maximum atomic E-state index is 10.8. The normalized spacial score (nSPS) is 31.2. The van der Waals surface area contributed by atoms with Gasteiger partial charge in [-0.1, -0.05) is 5.57 Å². The molecule has 1 rings (SSSR count). The third-order valence-electron chi connectivity index (χ3n) is 2.03. The molecule has 1 aliphatic heterocycles. The van der Waals surface area contributed by atoms with Crippen LogP contribution in [0.5, 0.6) is 0 Å². The molecule has 0 aromatic heterocycles. The van der Waals surface area contributed by atoms with Crippen molar-refractivity contribution >= 4 is 17.7 Å². The fourth-order valence-electron chi connectivity index (χ4n) is 1.21. The van der Waals surface area contributed by atoms with E-state index in [0.29, 0.717) is 6.42 Å². The van der Waals surface area contributed by atoms with Gasteiger partial charge in [-0.3, -0.25) is 4.79 Å². The summed E-state index contributed by atoms with van der Waals surface area (Å²) in [6.07, 6.45) is 0.679. The highest BCUT2D eigenvalue weighted by atomic mass is 32.2. The van der Waals surface area contributed by atoms with E-state index < -0.39 is 10.7 Å². The van der Waals surface area contributed by atoms with Crippen molar-refractivity contribution in [1.82, 2.24) is 0 Å². The Morgan fingerprint density at radius 3 is 2.36 bits per heavy atom. The van der Waals surface area contributed by atoms with E-state index in [1.54, 1.807) is 6.92 Å². The van der Waals surface area contributed by atoms with Crippen LogP contribution in [-0.2, 0) is 4.79 Å². The van der Waals surface area contributed by atoms with Gasteiger partial charge >= 0.3 is 5.97 Å². The molecule has 0 saturated heterocycles. The van der Waals surface area contributed by atoms with Crippen LogP contribution in [0, 0.1) is 0 Å². The number of hydrogen-bond donors (Lipinski definition) is 1. The zero-order valence-corrected chi connectivity index (χ0v) is 7.79. The molecule has 1 N–H and O–H groups in total. The highest BCUT2D eigenvalue weighted by molar-refractivity contribution is 8.05. The maximum absolute atomic E-state index is 10.8. The number of hydrogen-bond acceptors (Lipinski definition) is 2. The molecule has 0 aromatic carbocycles. The van der Waals surface area contributed by atoms with Gasteiger partial charge in [-0.2, -0.15) is 0 Å². The number of carbonyl (C=O) groups is 1. The largest absolute Gasteiger partial charge is 0.480 e. The molecular formula is C8H12O2S. The number of allylic oxidation sites excluding steroid dienone is 2. The summed E-state index contributed by atoms with van der Waals surface area (Å²) in [5.41, 5.74) is 1.21. The molecule has 62 valence electrons. The van der Waals surface area contributed by atoms with E-state index in [1.807, 2.05) is 13.8 Å². The van der Waals surface area contributed by atoms with E-state index in [0.717, 1.165) is 4.91 Å². The molecule has 1 unspecified atom stereocenters. The summed E-state index contributed by atoms with van der Waals surface area (Å²) >= 11 is 1.46. The van der Waals surface area contributed by atoms with Gasteiger partial charge in [0.05, 0.1) is 0 Å². The van der Waals surface area contributed by atoms with Crippen molar-refractivity contribution in [3.8, 4) is 0 Å². The lowest BCUT2D eigenvalue weighted by Crippen LogP contribution is -2.28. The first-order valence-corrected chi connectivity index (χ1v) is 4.36. The van der Waals surface area contributed by atoms with E-state index in [2.05, 4.69) is 0 Å². The van der Waals surface area contributed by atoms with Crippen LogP contribution in [0.15, 0.2) is 10.5 Å². The van der Waals surface area contributed by atoms with Crippen LogP contribution in [-0.4, -0.2) is 15.8 Å². The molecule has 0 amide bonds. The Kier molecular flexibility index (Phi) is 2.01. The minimum Gasteiger partial charge on any atom is -0.480 e. The summed E-state index contributed by atoms with van der Waals surface area (Å²) in [6, 6.07) is 0. The first kappa shape index (κ1) is 8.65. The number of carboxylic acids is 1. The van der Waals surface area contributed by atoms with E-state index in [9.17, 15) is 4.79 Å². The number of aliphatic carboxylic acids is 1.